The topological polar surface area (TPSA) is 72.6 Å². The van der Waals surface area contributed by atoms with Gasteiger partial charge in [-0.1, -0.05) is 34.8 Å². The van der Waals surface area contributed by atoms with Crippen LogP contribution in [-0.4, -0.2) is 33.9 Å². The Hall–Kier alpha value is -1.76. The third-order valence-corrected chi connectivity index (χ3v) is 8.45. The molecule has 6 nitrogen and oxygen atoms in total. The summed E-state index contributed by atoms with van der Waals surface area (Å²) >= 11 is 18.0. The summed E-state index contributed by atoms with van der Waals surface area (Å²) in [4.78, 5) is 31.8. The summed E-state index contributed by atoms with van der Waals surface area (Å²) in [7, 11) is 0. The van der Waals surface area contributed by atoms with Crippen LogP contribution >= 0.6 is 34.8 Å². The lowest BCUT2D eigenvalue weighted by Crippen LogP contribution is -2.61. The van der Waals surface area contributed by atoms with Crippen LogP contribution in [0.3, 0.4) is 0 Å². The van der Waals surface area contributed by atoms with Crippen LogP contribution in [0.5, 0.6) is 0 Å². The summed E-state index contributed by atoms with van der Waals surface area (Å²) in [6.07, 6.45) is 9.62. The lowest BCUT2D eigenvalue weighted by molar-refractivity contribution is -0.156. The fourth-order valence-electron chi connectivity index (χ4n) is 6.33. The van der Waals surface area contributed by atoms with Crippen molar-refractivity contribution in [2.45, 2.75) is 50.6 Å². The van der Waals surface area contributed by atoms with Crippen LogP contribution in [0.1, 0.15) is 54.8 Å². The maximum atomic E-state index is 13.4. The number of halogens is 3. The van der Waals surface area contributed by atoms with Crippen molar-refractivity contribution in [3.8, 4) is 0 Å². The van der Waals surface area contributed by atoms with Gasteiger partial charge in [-0.05, 0) is 68.4 Å². The van der Waals surface area contributed by atoms with Crippen molar-refractivity contribution in [2.24, 2.45) is 17.8 Å². The van der Waals surface area contributed by atoms with Gasteiger partial charge in [0.2, 0.25) is 0 Å². The summed E-state index contributed by atoms with van der Waals surface area (Å²) in [5, 5.41) is 0.0653. The molecule has 0 N–H and O–H groups in total. The molecule has 0 spiro atoms. The van der Waals surface area contributed by atoms with E-state index in [-0.39, 0.29) is 32.2 Å². The van der Waals surface area contributed by atoms with Crippen molar-refractivity contribution in [1.82, 2.24) is 9.88 Å². The highest BCUT2D eigenvalue weighted by atomic mass is 35.5. The Morgan fingerprint density at radius 3 is 2.34 bits per heavy atom. The molecule has 2 heterocycles. The Bertz CT molecular complexity index is 1000. The molecular formula is C23H23Cl3N2O4. The van der Waals surface area contributed by atoms with E-state index >= 15 is 0 Å². The highest BCUT2D eigenvalue weighted by molar-refractivity contribution is 6.48. The average Bonchev–Trinajstić information content (AvgIpc) is 3.26. The van der Waals surface area contributed by atoms with Crippen LogP contribution in [0.15, 0.2) is 29.0 Å². The molecule has 4 bridgehead atoms. The van der Waals surface area contributed by atoms with Gasteiger partial charge in [-0.2, -0.15) is 0 Å². The first-order valence-electron chi connectivity index (χ1n) is 10.8. The largest absolute Gasteiger partial charge is 0.467 e. The van der Waals surface area contributed by atoms with E-state index in [2.05, 4.69) is 4.98 Å². The van der Waals surface area contributed by atoms with Crippen molar-refractivity contribution < 1.29 is 18.7 Å². The molecule has 1 amide bonds. The molecule has 9 heteroatoms. The third kappa shape index (κ3) is 4.02. The van der Waals surface area contributed by atoms with E-state index in [9.17, 15) is 9.59 Å². The molecule has 0 atom stereocenters. The second-order valence-corrected chi connectivity index (χ2v) is 10.5. The molecule has 2 aromatic rings. The molecule has 0 radical (unpaired) electrons. The van der Waals surface area contributed by atoms with Crippen LogP contribution in [0.25, 0.3) is 0 Å². The molecule has 32 heavy (non-hydrogen) atoms. The Morgan fingerprint density at radius 2 is 1.75 bits per heavy atom. The second kappa shape index (κ2) is 8.54. The fraction of sp³-hybridized carbons (Fsp3) is 0.522. The molecule has 0 saturated heterocycles. The van der Waals surface area contributed by atoms with Gasteiger partial charge in [0.05, 0.1) is 27.9 Å². The zero-order valence-electron chi connectivity index (χ0n) is 17.4. The van der Waals surface area contributed by atoms with Crippen molar-refractivity contribution >= 4 is 46.7 Å². The number of aromatic nitrogens is 1. The molecule has 0 unspecified atom stereocenters. The van der Waals surface area contributed by atoms with Crippen LogP contribution in [0.4, 0.5) is 0 Å². The van der Waals surface area contributed by atoms with Gasteiger partial charge in [0.25, 0.3) is 5.91 Å². The summed E-state index contributed by atoms with van der Waals surface area (Å²) in [6.45, 7) is -0.0408. The van der Waals surface area contributed by atoms with Gasteiger partial charge in [0, 0.05) is 11.7 Å². The van der Waals surface area contributed by atoms with Crippen LogP contribution in [0, 0.1) is 17.8 Å². The van der Waals surface area contributed by atoms with E-state index in [1.54, 1.807) is 6.26 Å². The monoisotopic (exact) mass is 496 g/mol. The fourth-order valence-corrected chi connectivity index (χ4v) is 6.89. The smallest absolute Gasteiger partial charge is 0.359 e. The Morgan fingerprint density at radius 1 is 1.09 bits per heavy atom. The number of carbonyl (C=O) groups is 2. The Labute approximate surface area is 201 Å². The molecule has 0 aliphatic heterocycles. The minimum absolute atomic E-state index is 0.0228. The van der Waals surface area contributed by atoms with Gasteiger partial charge in [-0.15, -0.1) is 0 Å². The number of furan rings is 1. The average molecular weight is 498 g/mol. The molecule has 4 saturated carbocycles. The molecule has 2 aromatic heterocycles. The predicted molar refractivity (Wildman–Crippen MR) is 120 cm³/mol. The van der Waals surface area contributed by atoms with Gasteiger partial charge in [-0.25, -0.2) is 9.78 Å². The van der Waals surface area contributed by atoms with Crippen LogP contribution in [-0.2, 0) is 16.1 Å². The molecule has 170 valence electrons. The van der Waals surface area contributed by atoms with E-state index in [0.29, 0.717) is 24.3 Å². The SMILES string of the molecule is O=C(OCC(=O)N(Cc1ccco1)C12CC3CC(CC(C3)C1)C2)c1ncc(Cl)c(Cl)c1Cl. The molecule has 4 fully saturated rings. The summed E-state index contributed by atoms with van der Waals surface area (Å²) in [5.74, 6) is 1.65. The van der Waals surface area contributed by atoms with E-state index in [0.717, 1.165) is 25.0 Å². The Kier molecular flexibility index (Phi) is 5.89. The number of pyridine rings is 1. The van der Waals surface area contributed by atoms with Crippen LogP contribution in [0.2, 0.25) is 15.1 Å². The molecule has 4 aliphatic carbocycles. The van der Waals surface area contributed by atoms with Crippen molar-refractivity contribution in [1.29, 1.82) is 0 Å². The van der Waals surface area contributed by atoms with Crippen LogP contribution < -0.4 is 0 Å². The summed E-state index contributed by atoms with van der Waals surface area (Å²) < 4.78 is 10.9. The number of carbonyl (C=O) groups excluding carboxylic acids is 2. The number of esters is 1. The molecule has 4 aliphatic rings. The van der Waals surface area contributed by atoms with Gasteiger partial charge in [-0.3, -0.25) is 4.79 Å². The van der Waals surface area contributed by atoms with Gasteiger partial charge in [0.1, 0.15) is 5.76 Å². The lowest BCUT2D eigenvalue weighted by atomic mass is 9.52. The maximum absolute atomic E-state index is 13.4. The first-order valence-corrected chi connectivity index (χ1v) is 12.0. The number of hydrogen-bond donors (Lipinski definition) is 0. The second-order valence-electron chi connectivity index (χ2n) is 9.36. The van der Waals surface area contributed by atoms with E-state index in [1.165, 1.54) is 25.5 Å². The summed E-state index contributed by atoms with van der Waals surface area (Å²) in [6, 6.07) is 3.68. The first kappa shape index (κ1) is 22.1. The number of ether oxygens (including phenoxy) is 1. The zero-order valence-corrected chi connectivity index (χ0v) is 19.6. The van der Waals surface area contributed by atoms with Gasteiger partial charge < -0.3 is 14.1 Å². The number of rotatable bonds is 6. The maximum Gasteiger partial charge on any atom is 0.359 e. The minimum Gasteiger partial charge on any atom is -0.467 e. The van der Waals surface area contributed by atoms with E-state index < -0.39 is 12.6 Å². The standard InChI is InChI=1S/C23H23Cl3N2O4/c24-17-10-27-21(20(26)19(17)25)22(30)32-12-18(29)28(11-16-2-1-3-31-16)23-7-13-4-14(8-23)6-15(5-13)9-23/h1-3,10,13-15H,4-9,11-12H2. The molecule has 0 aromatic carbocycles. The van der Waals surface area contributed by atoms with Gasteiger partial charge in [0.15, 0.2) is 12.3 Å². The number of hydrogen-bond acceptors (Lipinski definition) is 5. The highest BCUT2D eigenvalue weighted by Crippen LogP contribution is 2.58. The lowest BCUT2D eigenvalue weighted by Gasteiger charge is -2.60. The minimum atomic E-state index is -0.814. The molecule has 6 rings (SSSR count). The zero-order chi connectivity index (χ0) is 22.5. The first-order chi connectivity index (χ1) is 15.3. The number of amides is 1. The quantitative estimate of drug-likeness (QED) is 0.472. The van der Waals surface area contributed by atoms with Crippen molar-refractivity contribution in [3.63, 3.8) is 0 Å². The summed E-state index contributed by atoms with van der Waals surface area (Å²) in [5.41, 5.74) is -0.369. The predicted octanol–water partition coefficient (Wildman–Crippen LogP) is 5.79. The van der Waals surface area contributed by atoms with E-state index in [1.807, 2.05) is 17.0 Å². The number of nitrogens with zero attached hydrogens (tertiary/aromatic N) is 2. The van der Waals surface area contributed by atoms with E-state index in [4.69, 9.17) is 44.0 Å². The van der Waals surface area contributed by atoms with Gasteiger partial charge >= 0.3 is 5.97 Å². The van der Waals surface area contributed by atoms with Crippen molar-refractivity contribution in [3.05, 3.63) is 51.1 Å². The third-order valence-electron chi connectivity index (χ3n) is 7.21. The normalized spacial score (nSPS) is 28.0. The molecular weight excluding hydrogens is 475 g/mol. The Balaban J connectivity index is 1.35. The highest BCUT2D eigenvalue weighted by Gasteiger charge is 2.54. The van der Waals surface area contributed by atoms with Crippen molar-refractivity contribution in [2.75, 3.05) is 6.61 Å².